The van der Waals surface area contributed by atoms with Gasteiger partial charge in [-0.3, -0.25) is 14.3 Å². The quantitative estimate of drug-likeness (QED) is 0.671. The molecule has 138 valence electrons. The molecule has 3 N–H and O–H groups in total. The molecule has 1 fully saturated rings. The van der Waals surface area contributed by atoms with Crippen LogP contribution < -0.4 is 16.1 Å². The number of aromatic amines is 1. The molecule has 2 atom stereocenters. The molecular formula is C16H25N5O4. The second-order valence-electron chi connectivity index (χ2n) is 6.94. The molecule has 0 saturated carbocycles. The van der Waals surface area contributed by atoms with Crippen molar-refractivity contribution in [2.24, 2.45) is 19.5 Å². The highest BCUT2D eigenvalue weighted by atomic mass is 16.3. The Balaban J connectivity index is 2.00. The third-order valence-corrected chi connectivity index (χ3v) is 5.44. The predicted molar refractivity (Wildman–Crippen MR) is 93.8 cm³/mol. The Morgan fingerprint density at radius 2 is 2.04 bits per heavy atom. The van der Waals surface area contributed by atoms with Crippen LogP contribution in [0.4, 0.5) is 5.95 Å². The number of hydrogen-bond acceptors (Lipinski definition) is 6. The summed E-state index contributed by atoms with van der Waals surface area (Å²) in [5, 5.41) is 20.4. The first kappa shape index (κ1) is 17.7. The van der Waals surface area contributed by atoms with Gasteiger partial charge in [-0.15, -0.1) is 0 Å². The molecule has 0 aliphatic carbocycles. The number of aromatic nitrogens is 4. The zero-order chi connectivity index (χ0) is 18.4. The van der Waals surface area contributed by atoms with Crippen molar-refractivity contribution in [2.75, 3.05) is 24.6 Å². The van der Waals surface area contributed by atoms with Crippen molar-refractivity contribution in [1.29, 1.82) is 0 Å². The maximum atomic E-state index is 12.1. The molecule has 0 amide bonds. The monoisotopic (exact) mass is 351 g/mol. The van der Waals surface area contributed by atoms with Gasteiger partial charge in [-0.2, -0.15) is 4.98 Å². The number of nitrogens with one attached hydrogen (secondary N) is 1. The van der Waals surface area contributed by atoms with Gasteiger partial charge in [0.1, 0.15) is 0 Å². The van der Waals surface area contributed by atoms with Gasteiger partial charge >= 0.3 is 5.69 Å². The van der Waals surface area contributed by atoms with Crippen LogP contribution in [0.1, 0.15) is 26.2 Å². The van der Waals surface area contributed by atoms with E-state index < -0.39 is 22.8 Å². The summed E-state index contributed by atoms with van der Waals surface area (Å²) >= 11 is 0. The summed E-state index contributed by atoms with van der Waals surface area (Å²) in [6.07, 6.45) is 1.60. The van der Waals surface area contributed by atoms with E-state index in [0.29, 0.717) is 36.6 Å². The van der Waals surface area contributed by atoms with E-state index in [2.05, 4.69) is 9.97 Å². The van der Waals surface area contributed by atoms with Gasteiger partial charge < -0.3 is 19.7 Å². The Hall–Kier alpha value is -2.13. The van der Waals surface area contributed by atoms with Crippen molar-refractivity contribution < 1.29 is 10.2 Å². The normalized spacial score (nSPS) is 24.2. The van der Waals surface area contributed by atoms with Crippen LogP contribution in [0.25, 0.3) is 11.2 Å². The molecule has 3 heterocycles. The van der Waals surface area contributed by atoms with E-state index in [4.69, 9.17) is 0 Å². The molecule has 1 aliphatic rings. The second kappa shape index (κ2) is 6.30. The van der Waals surface area contributed by atoms with E-state index in [-0.39, 0.29) is 6.61 Å². The Kier molecular flexibility index (Phi) is 4.46. The number of aryl methyl sites for hydroxylation is 2. The predicted octanol–water partition coefficient (Wildman–Crippen LogP) is -0.690. The minimum Gasteiger partial charge on any atom is -0.396 e. The molecule has 1 saturated heterocycles. The van der Waals surface area contributed by atoms with Gasteiger partial charge in [-0.1, -0.05) is 13.3 Å². The van der Waals surface area contributed by atoms with E-state index in [1.807, 2.05) is 11.8 Å². The van der Waals surface area contributed by atoms with E-state index in [9.17, 15) is 19.8 Å². The standard InChI is InChI=1S/C16H25N5O4/c1-4-5-16(9-22)6-7-21(8-10(16)23)14-17-12-11(19(14)2)13(24)18-15(25)20(12)3/h10,22-23H,4-9H2,1-3H3,(H,18,24,25)/t10-,16-/m1/s1. The third kappa shape index (κ3) is 2.67. The van der Waals surface area contributed by atoms with E-state index in [0.717, 1.165) is 12.8 Å². The van der Waals surface area contributed by atoms with Gasteiger partial charge in [-0.25, -0.2) is 4.79 Å². The van der Waals surface area contributed by atoms with E-state index in [1.165, 1.54) is 4.57 Å². The highest BCUT2D eigenvalue weighted by molar-refractivity contribution is 5.74. The van der Waals surface area contributed by atoms with E-state index in [1.54, 1.807) is 18.7 Å². The lowest BCUT2D eigenvalue weighted by atomic mass is 9.73. The summed E-state index contributed by atoms with van der Waals surface area (Å²) in [5.41, 5.74) is -0.844. The molecule has 2 aromatic heterocycles. The first-order valence-corrected chi connectivity index (χ1v) is 8.54. The topological polar surface area (TPSA) is 116 Å². The number of hydrogen-bond donors (Lipinski definition) is 3. The molecule has 2 aromatic rings. The zero-order valence-electron chi connectivity index (χ0n) is 14.8. The lowest BCUT2D eigenvalue weighted by Crippen LogP contribution is -2.53. The van der Waals surface area contributed by atoms with Crippen LogP contribution in [0.5, 0.6) is 0 Å². The molecule has 0 unspecified atom stereocenters. The molecule has 1 aliphatic heterocycles. The van der Waals surface area contributed by atoms with Crippen LogP contribution in [0.2, 0.25) is 0 Å². The number of rotatable bonds is 4. The number of fused-ring (bicyclic) bond motifs is 1. The summed E-state index contributed by atoms with van der Waals surface area (Å²) in [5.74, 6) is 0.531. The lowest BCUT2D eigenvalue weighted by Gasteiger charge is -2.44. The number of β-amino-alcohol motifs (C(OH)–C–C–N with tert-alkyl or cyclic N) is 1. The first-order chi connectivity index (χ1) is 11.8. The van der Waals surface area contributed by atoms with Gasteiger partial charge in [0.05, 0.1) is 12.7 Å². The highest BCUT2D eigenvalue weighted by Gasteiger charge is 2.42. The van der Waals surface area contributed by atoms with Crippen LogP contribution in [0.3, 0.4) is 0 Å². The van der Waals surface area contributed by atoms with Crippen LogP contribution >= 0.6 is 0 Å². The van der Waals surface area contributed by atoms with Crippen molar-refractivity contribution in [2.45, 2.75) is 32.3 Å². The highest BCUT2D eigenvalue weighted by Crippen LogP contribution is 2.37. The van der Waals surface area contributed by atoms with Gasteiger partial charge in [0.2, 0.25) is 5.95 Å². The molecule has 0 bridgehead atoms. The zero-order valence-corrected chi connectivity index (χ0v) is 14.8. The van der Waals surface area contributed by atoms with Crippen molar-refractivity contribution in [1.82, 2.24) is 19.1 Å². The summed E-state index contributed by atoms with van der Waals surface area (Å²) in [7, 11) is 3.27. The van der Waals surface area contributed by atoms with Crippen LogP contribution in [0.15, 0.2) is 9.59 Å². The van der Waals surface area contributed by atoms with Gasteiger partial charge in [0.15, 0.2) is 11.2 Å². The molecule has 9 nitrogen and oxygen atoms in total. The SMILES string of the molecule is CCC[C@]1(CO)CCN(c2nc3c(c(=O)[nH]c(=O)n3C)n2C)C[C@H]1O. The number of aliphatic hydroxyl groups is 2. The number of anilines is 1. The summed E-state index contributed by atoms with van der Waals surface area (Å²) in [6.45, 7) is 2.92. The average Bonchev–Trinajstić information content (AvgIpc) is 2.93. The largest absolute Gasteiger partial charge is 0.396 e. The number of nitrogens with zero attached hydrogens (tertiary/aromatic N) is 4. The number of imidazole rings is 1. The number of piperidine rings is 1. The fourth-order valence-electron chi connectivity index (χ4n) is 3.83. The smallest absolute Gasteiger partial charge is 0.329 e. The summed E-state index contributed by atoms with van der Waals surface area (Å²) < 4.78 is 2.95. The van der Waals surface area contributed by atoms with Crippen molar-refractivity contribution in [3.63, 3.8) is 0 Å². The van der Waals surface area contributed by atoms with Crippen LogP contribution in [-0.2, 0) is 14.1 Å². The Morgan fingerprint density at radius 3 is 2.64 bits per heavy atom. The third-order valence-electron chi connectivity index (χ3n) is 5.44. The van der Waals surface area contributed by atoms with Gasteiger partial charge in [-0.05, 0) is 12.8 Å². The second-order valence-corrected chi connectivity index (χ2v) is 6.94. The molecule has 9 heteroatoms. The fourth-order valence-corrected chi connectivity index (χ4v) is 3.83. The lowest BCUT2D eigenvalue weighted by molar-refractivity contribution is -0.0374. The minimum atomic E-state index is -0.687. The Bertz CT molecular complexity index is 898. The molecule has 0 spiro atoms. The van der Waals surface area contributed by atoms with Crippen molar-refractivity contribution >= 4 is 17.1 Å². The van der Waals surface area contributed by atoms with Gasteiger partial charge in [0.25, 0.3) is 5.56 Å². The van der Waals surface area contributed by atoms with Gasteiger partial charge in [0, 0.05) is 32.6 Å². The van der Waals surface area contributed by atoms with Crippen molar-refractivity contribution in [3.05, 3.63) is 20.8 Å². The molecular weight excluding hydrogens is 326 g/mol. The molecule has 0 radical (unpaired) electrons. The minimum absolute atomic E-state index is 0.0490. The Morgan fingerprint density at radius 1 is 1.32 bits per heavy atom. The summed E-state index contributed by atoms with van der Waals surface area (Å²) in [6, 6.07) is 0. The Labute approximate surface area is 144 Å². The molecule has 0 aromatic carbocycles. The number of aliphatic hydroxyl groups excluding tert-OH is 2. The average molecular weight is 351 g/mol. The molecule has 25 heavy (non-hydrogen) atoms. The van der Waals surface area contributed by atoms with Crippen LogP contribution in [-0.4, -0.2) is 55.1 Å². The summed E-state index contributed by atoms with van der Waals surface area (Å²) in [4.78, 5) is 32.6. The first-order valence-electron chi connectivity index (χ1n) is 8.54. The van der Waals surface area contributed by atoms with E-state index >= 15 is 0 Å². The molecule has 3 rings (SSSR count). The maximum Gasteiger partial charge on any atom is 0.329 e. The van der Waals surface area contributed by atoms with Crippen molar-refractivity contribution in [3.8, 4) is 0 Å². The number of H-pyrrole nitrogens is 1. The maximum absolute atomic E-state index is 12.1. The fraction of sp³-hybridized carbons (Fsp3) is 0.688. The van der Waals surface area contributed by atoms with Crippen LogP contribution in [0, 0.1) is 5.41 Å².